The number of hydrogen-bond donors (Lipinski definition) is 1. The van der Waals surface area contributed by atoms with Crippen molar-refractivity contribution in [2.24, 2.45) is 5.73 Å². The monoisotopic (exact) mass is 278 g/mol. The normalized spacial score (nSPS) is 10.8. The Bertz CT molecular complexity index is 556. The van der Waals surface area contributed by atoms with Gasteiger partial charge in [-0.3, -0.25) is 0 Å². The van der Waals surface area contributed by atoms with Gasteiger partial charge in [0.05, 0.1) is 24.2 Å². The highest BCUT2D eigenvalue weighted by atomic mass is 19.1. The van der Waals surface area contributed by atoms with Crippen molar-refractivity contribution in [3.05, 3.63) is 35.9 Å². The fourth-order valence-corrected chi connectivity index (χ4v) is 1.89. The lowest BCUT2D eigenvalue weighted by atomic mass is 10.2. The van der Waals surface area contributed by atoms with Gasteiger partial charge in [-0.05, 0) is 44.9 Å². The van der Waals surface area contributed by atoms with Crippen molar-refractivity contribution in [1.82, 2.24) is 15.0 Å². The molecule has 0 unspecified atom stereocenters. The second-order valence-electron chi connectivity index (χ2n) is 4.45. The Morgan fingerprint density at radius 3 is 2.90 bits per heavy atom. The van der Waals surface area contributed by atoms with Gasteiger partial charge in [-0.2, -0.15) is 0 Å². The van der Waals surface area contributed by atoms with Gasteiger partial charge in [0, 0.05) is 6.07 Å². The zero-order chi connectivity index (χ0) is 14.4. The van der Waals surface area contributed by atoms with E-state index in [4.69, 9.17) is 10.5 Å². The van der Waals surface area contributed by atoms with Crippen LogP contribution in [0.25, 0.3) is 5.69 Å². The molecule has 1 heterocycles. The maximum Gasteiger partial charge on any atom is 0.167 e. The molecule has 0 spiro atoms. The predicted molar refractivity (Wildman–Crippen MR) is 74.5 cm³/mol. The molecule has 6 heteroatoms. The summed E-state index contributed by atoms with van der Waals surface area (Å²) in [6, 6.07) is 4.75. The molecule has 1 aromatic carbocycles. The van der Waals surface area contributed by atoms with E-state index in [1.807, 2.05) is 13.1 Å². The summed E-state index contributed by atoms with van der Waals surface area (Å²) in [5, 5.41) is 8.08. The maximum atomic E-state index is 13.8. The van der Waals surface area contributed by atoms with Crippen molar-refractivity contribution in [2.45, 2.75) is 26.2 Å². The van der Waals surface area contributed by atoms with Crippen LogP contribution in [0, 0.1) is 5.82 Å². The molecule has 0 saturated carbocycles. The van der Waals surface area contributed by atoms with Crippen LogP contribution in [0.3, 0.4) is 0 Å². The number of unbranched alkanes of at least 4 members (excludes halogenated alkanes) is 1. The van der Waals surface area contributed by atoms with Crippen LogP contribution in [-0.4, -0.2) is 28.1 Å². The van der Waals surface area contributed by atoms with Crippen molar-refractivity contribution in [2.75, 3.05) is 13.2 Å². The lowest BCUT2D eigenvalue weighted by molar-refractivity contribution is 0.321. The van der Waals surface area contributed by atoms with E-state index in [9.17, 15) is 4.39 Å². The summed E-state index contributed by atoms with van der Waals surface area (Å²) < 4.78 is 20.5. The molecule has 0 aliphatic carbocycles. The summed E-state index contributed by atoms with van der Waals surface area (Å²) in [6.45, 7) is 2.93. The number of aromatic nitrogens is 3. The minimum absolute atomic E-state index is 0.250. The molecule has 0 aliphatic rings. The Kier molecular flexibility index (Phi) is 5.06. The largest absolute Gasteiger partial charge is 0.491 e. The number of nitrogens with two attached hydrogens (primary N) is 1. The van der Waals surface area contributed by atoms with Crippen LogP contribution in [0.2, 0.25) is 0 Å². The molecule has 0 amide bonds. The summed E-state index contributed by atoms with van der Waals surface area (Å²) in [6.07, 6.45) is 4.58. The van der Waals surface area contributed by atoms with Gasteiger partial charge >= 0.3 is 0 Å². The quantitative estimate of drug-likeness (QED) is 0.788. The van der Waals surface area contributed by atoms with Gasteiger partial charge in [-0.25, -0.2) is 9.07 Å². The number of halogens is 1. The first-order valence-corrected chi connectivity index (χ1v) is 6.78. The smallest absolute Gasteiger partial charge is 0.167 e. The molecule has 108 valence electrons. The summed E-state index contributed by atoms with van der Waals surface area (Å²) in [5.41, 5.74) is 6.96. The lowest BCUT2D eigenvalue weighted by Crippen LogP contribution is -1.99. The molecule has 2 N–H and O–H groups in total. The summed E-state index contributed by atoms with van der Waals surface area (Å²) >= 11 is 0. The third kappa shape index (κ3) is 3.54. The van der Waals surface area contributed by atoms with Gasteiger partial charge in [-0.15, -0.1) is 5.10 Å². The highest BCUT2D eigenvalue weighted by Crippen LogP contribution is 2.20. The highest BCUT2D eigenvalue weighted by molar-refractivity contribution is 5.38. The van der Waals surface area contributed by atoms with Crippen molar-refractivity contribution in [3.63, 3.8) is 0 Å². The minimum Gasteiger partial charge on any atom is -0.491 e. The van der Waals surface area contributed by atoms with Crippen molar-refractivity contribution in [1.29, 1.82) is 0 Å². The second kappa shape index (κ2) is 7.00. The number of hydrogen-bond acceptors (Lipinski definition) is 4. The van der Waals surface area contributed by atoms with E-state index in [0.717, 1.165) is 25.0 Å². The van der Waals surface area contributed by atoms with Gasteiger partial charge in [-0.1, -0.05) is 5.21 Å². The fourth-order valence-electron chi connectivity index (χ4n) is 1.89. The van der Waals surface area contributed by atoms with E-state index >= 15 is 0 Å². The standard InChI is InChI=1S/C14H19FN4O/c1-2-20-14-7-6-12(9-13(14)15)19-10-11(17-18-19)5-3-4-8-16/h6-7,9-10H,2-5,8,16H2,1H3. The second-order valence-corrected chi connectivity index (χ2v) is 4.45. The van der Waals surface area contributed by atoms with Crippen LogP contribution in [0.4, 0.5) is 4.39 Å². The van der Waals surface area contributed by atoms with Crippen LogP contribution < -0.4 is 10.5 Å². The number of aryl methyl sites for hydroxylation is 1. The van der Waals surface area contributed by atoms with Crippen LogP contribution >= 0.6 is 0 Å². The molecular weight excluding hydrogens is 259 g/mol. The molecule has 20 heavy (non-hydrogen) atoms. The number of benzene rings is 1. The first-order valence-electron chi connectivity index (χ1n) is 6.78. The lowest BCUT2D eigenvalue weighted by Gasteiger charge is -2.06. The van der Waals surface area contributed by atoms with Gasteiger partial charge < -0.3 is 10.5 Å². The topological polar surface area (TPSA) is 66.0 Å². The average molecular weight is 278 g/mol. The van der Waals surface area contributed by atoms with E-state index < -0.39 is 5.82 Å². The summed E-state index contributed by atoms with van der Waals surface area (Å²) in [4.78, 5) is 0. The van der Waals surface area contributed by atoms with E-state index in [0.29, 0.717) is 18.8 Å². The molecule has 2 rings (SSSR count). The highest BCUT2D eigenvalue weighted by Gasteiger charge is 2.07. The van der Waals surface area contributed by atoms with E-state index in [-0.39, 0.29) is 5.75 Å². The third-order valence-electron chi connectivity index (χ3n) is 2.91. The Hall–Kier alpha value is -1.95. The number of rotatable bonds is 7. The van der Waals surface area contributed by atoms with E-state index in [1.54, 1.807) is 16.8 Å². The zero-order valence-corrected chi connectivity index (χ0v) is 11.6. The summed E-state index contributed by atoms with van der Waals surface area (Å²) in [5.74, 6) is -0.149. The minimum atomic E-state index is -0.399. The molecule has 0 atom stereocenters. The van der Waals surface area contributed by atoms with E-state index in [2.05, 4.69) is 10.3 Å². The van der Waals surface area contributed by atoms with Crippen LogP contribution in [-0.2, 0) is 6.42 Å². The van der Waals surface area contributed by atoms with Crippen molar-refractivity contribution < 1.29 is 9.13 Å². The molecule has 5 nitrogen and oxygen atoms in total. The van der Waals surface area contributed by atoms with Crippen LogP contribution in [0.5, 0.6) is 5.75 Å². The Balaban J connectivity index is 2.09. The molecule has 0 aliphatic heterocycles. The Labute approximate surface area is 117 Å². The first-order chi connectivity index (χ1) is 9.74. The Morgan fingerprint density at radius 1 is 1.35 bits per heavy atom. The maximum absolute atomic E-state index is 13.8. The fraction of sp³-hybridized carbons (Fsp3) is 0.429. The van der Waals surface area contributed by atoms with Gasteiger partial charge in [0.1, 0.15) is 0 Å². The van der Waals surface area contributed by atoms with Gasteiger partial charge in [0.25, 0.3) is 0 Å². The molecule has 0 bridgehead atoms. The molecule has 0 saturated heterocycles. The summed E-state index contributed by atoms with van der Waals surface area (Å²) in [7, 11) is 0. The average Bonchev–Trinajstić information content (AvgIpc) is 2.90. The van der Waals surface area contributed by atoms with Crippen molar-refractivity contribution in [3.8, 4) is 11.4 Å². The number of nitrogens with zero attached hydrogens (tertiary/aromatic N) is 3. The Morgan fingerprint density at radius 2 is 2.20 bits per heavy atom. The molecule has 2 aromatic rings. The molecule has 0 fully saturated rings. The molecular formula is C14H19FN4O. The first kappa shape index (κ1) is 14.5. The van der Waals surface area contributed by atoms with E-state index in [1.165, 1.54) is 6.07 Å². The predicted octanol–water partition coefficient (Wildman–Crippen LogP) is 2.09. The SMILES string of the molecule is CCOc1ccc(-n2cc(CCCCN)nn2)cc1F. The van der Waals surface area contributed by atoms with Gasteiger partial charge in [0.2, 0.25) is 0 Å². The van der Waals surface area contributed by atoms with Crippen LogP contribution in [0.15, 0.2) is 24.4 Å². The van der Waals surface area contributed by atoms with Crippen molar-refractivity contribution >= 4 is 0 Å². The van der Waals surface area contributed by atoms with Gasteiger partial charge in [0.15, 0.2) is 11.6 Å². The molecule has 1 aromatic heterocycles. The zero-order valence-electron chi connectivity index (χ0n) is 11.6. The molecule has 0 radical (unpaired) electrons. The van der Waals surface area contributed by atoms with Crippen LogP contribution in [0.1, 0.15) is 25.5 Å². The third-order valence-corrected chi connectivity index (χ3v) is 2.91. The number of ether oxygens (including phenoxy) is 1.